The highest BCUT2D eigenvalue weighted by atomic mass is 35.5. The predicted octanol–water partition coefficient (Wildman–Crippen LogP) is 2.56. The van der Waals surface area contributed by atoms with Gasteiger partial charge in [-0.2, -0.15) is 0 Å². The fourth-order valence-corrected chi connectivity index (χ4v) is 2.79. The number of nitrogens with zero attached hydrogens (tertiary/aromatic N) is 2. The molecule has 2 rings (SSSR count). The molecule has 0 radical (unpaired) electrons. The van der Waals surface area contributed by atoms with Gasteiger partial charge in [-0.3, -0.25) is 14.5 Å². The van der Waals surface area contributed by atoms with Crippen molar-refractivity contribution < 1.29 is 9.59 Å². The maximum Gasteiger partial charge on any atom is 0.244 e. The molecule has 2 amide bonds. The van der Waals surface area contributed by atoms with Gasteiger partial charge in [-0.25, -0.2) is 0 Å². The summed E-state index contributed by atoms with van der Waals surface area (Å²) in [6.45, 7) is 4.21. The van der Waals surface area contributed by atoms with E-state index in [9.17, 15) is 9.59 Å². The van der Waals surface area contributed by atoms with Gasteiger partial charge in [-0.05, 0) is 44.5 Å². The molecule has 23 heavy (non-hydrogen) atoms. The Morgan fingerprint density at radius 3 is 2.57 bits per heavy atom. The van der Waals surface area contributed by atoms with Gasteiger partial charge in [0.1, 0.15) is 0 Å². The molecule has 7 heteroatoms. The molecule has 128 valence electrons. The third-order valence-corrected chi connectivity index (χ3v) is 4.17. The largest absolute Gasteiger partial charge is 0.335 e. The first-order valence-corrected chi connectivity index (χ1v) is 7.86. The number of amides is 2. The number of carbonyl (C=O) groups excluding carboxylic acids is 2. The molecule has 0 aliphatic carbocycles. The fraction of sp³-hybridized carbons (Fsp3) is 0.500. The Morgan fingerprint density at radius 2 is 1.96 bits per heavy atom. The Balaban J connectivity index is 0.00000264. The van der Waals surface area contributed by atoms with Crippen molar-refractivity contribution in [2.24, 2.45) is 0 Å². The van der Waals surface area contributed by atoms with Crippen LogP contribution >= 0.6 is 24.0 Å². The quantitative estimate of drug-likeness (QED) is 0.878. The first-order chi connectivity index (χ1) is 10.5. The summed E-state index contributed by atoms with van der Waals surface area (Å²) in [6, 6.07) is 5.44. The lowest BCUT2D eigenvalue weighted by atomic mass is 10.2. The summed E-state index contributed by atoms with van der Waals surface area (Å²) in [5, 5.41) is 3.28. The van der Waals surface area contributed by atoms with E-state index in [1.807, 2.05) is 19.1 Å². The third kappa shape index (κ3) is 5.68. The summed E-state index contributed by atoms with van der Waals surface area (Å²) in [6.07, 6.45) is 2.28. The van der Waals surface area contributed by atoms with Crippen molar-refractivity contribution in [2.75, 3.05) is 38.5 Å². The van der Waals surface area contributed by atoms with E-state index in [-0.39, 0.29) is 30.8 Å². The second kappa shape index (κ2) is 9.11. The van der Waals surface area contributed by atoms with Crippen LogP contribution in [0, 0.1) is 6.92 Å². The van der Waals surface area contributed by atoms with Crippen LogP contribution in [0.1, 0.15) is 18.4 Å². The molecule has 1 N–H and O–H groups in total. The average molecular weight is 360 g/mol. The minimum absolute atomic E-state index is 0. The summed E-state index contributed by atoms with van der Waals surface area (Å²) in [5.41, 5.74) is 1.50. The van der Waals surface area contributed by atoms with E-state index < -0.39 is 0 Å². The molecule has 1 aromatic rings. The van der Waals surface area contributed by atoms with Gasteiger partial charge in [0.2, 0.25) is 11.8 Å². The van der Waals surface area contributed by atoms with Crippen molar-refractivity contribution in [3.63, 3.8) is 0 Å². The van der Waals surface area contributed by atoms with Crippen LogP contribution in [0.15, 0.2) is 18.2 Å². The van der Waals surface area contributed by atoms with Crippen LogP contribution in [0.5, 0.6) is 0 Å². The molecule has 0 unspecified atom stereocenters. The number of hydrogen-bond donors (Lipinski definition) is 1. The predicted molar refractivity (Wildman–Crippen MR) is 95.4 cm³/mol. The van der Waals surface area contributed by atoms with Crippen LogP contribution in [0.3, 0.4) is 0 Å². The molecule has 1 aliphatic heterocycles. The molecule has 1 saturated heterocycles. The SMILES string of the molecule is Cc1cccc(Cl)c1NC(=O)CN(C)C(=O)CN1CCCC1.Cl. The van der Waals surface area contributed by atoms with Crippen molar-refractivity contribution in [3.8, 4) is 0 Å². The van der Waals surface area contributed by atoms with Crippen LogP contribution in [0.25, 0.3) is 0 Å². The lowest BCUT2D eigenvalue weighted by Gasteiger charge is -2.21. The lowest BCUT2D eigenvalue weighted by Crippen LogP contribution is -2.41. The van der Waals surface area contributed by atoms with Crippen molar-refractivity contribution in [1.82, 2.24) is 9.80 Å². The minimum Gasteiger partial charge on any atom is -0.335 e. The zero-order chi connectivity index (χ0) is 16.1. The zero-order valence-electron chi connectivity index (χ0n) is 13.5. The molecule has 5 nitrogen and oxygen atoms in total. The first kappa shape index (κ1) is 19.7. The summed E-state index contributed by atoms with van der Waals surface area (Å²) in [5.74, 6) is -0.276. The van der Waals surface area contributed by atoms with Crippen LogP contribution < -0.4 is 5.32 Å². The Morgan fingerprint density at radius 1 is 1.30 bits per heavy atom. The van der Waals surface area contributed by atoms with Crippen LogP contribution in [0.4, 0.5) is 5.69 Å². The highest BCUT2D eigenvalue weighted by Crippen LogP contribution is 2.25. The van der Waals surface area contributed by atoms with E-state index in [0.717, 1.165) is 31.5 Å². The molecule has 0 aromatic heterocycles. The number of rotatable bonds is 5. The third-order valence-electron chi connectivity index (χ3n) is 3.85. The molecule has 1 aliphatic rings. The van der Waals surface area contributed by atoms with Gasteiger partial charge in [0.05, 0.1) is 23.8 Å². The number of likely N-dealkylation sites (N-methyl/N-ethyl adjacent to an activating group) is 1. The van der Waals surface area contributed by atoms with Gasteiger partial charge in [-0.1, -0.05) is 23.7 Å². The molecule has 0 saturated carbocycles. The van der Waals surface area contributed by atoms with Crippen molar-refractivity contribution in [2.45, 2.75) is 19.8 Å². The summed E-state index contributed by atoms with van der Waals surface area (Å²) < 4.78 is 0. The fourth-order valence-electron chi connectivity index (χ4n) is 2.53. The number of nitrogens with one attached hydrogen (secondary N) is 1. The number of benzene rings is 1. The highest BCUT2D eigenvalue weighted by molar-refractivity contribution is 6.33. The van der Waals surface area contributed by atoms with E-state index in [1.165, 1.54) is 4.90 Å². The highest BCUT2D eigenvalue weighted by Gasteiger charge is 2.19. The molecular formula is C16H23Cl2N3O2. The summed E-state index contributed by atoms with van der Waals surface area (Å²) in [4.78, 5) is 27.8. The Bertz CT molecular complexity index is 540. The maximum atomic E-state index is 12.1. The number of carbonyl (C=O) groups is 2. The number of para-hydroxylation sites is 1. The molecular weight excluding hydrogens is 337 g/mol. The van der Waals surface area contributed by atoms with E-state index in [4.69, 9.17) is 11.6 Å². The monoisotopic (exact) mass is 359 g/mol. The summed E-state index contributed by atoms with van der Waals surface area (Å²) >= 11 is 6.08. The zero-order valence-corrected chi connectivity index (χ0v) is 15.0. The Labute approximate surface area is 148 Å². The maximum absolute atomic E-state index is 12.1. The lowest BCUT2D eigenvalue weighted by molar-refractivity contribution is -0.134. The van der Waals surface area contributed by atoms with Gasteiger partial charge in [-0.15, -0.1) is 12.4 Å². The number of halogens is 2. The second-order valence-corrected chi connectivity index (χ2v) is 6.12. The molecule has 1 aromatic carbocycles. The van der Waals surface area contributed by atoms with Crippen LogP contribution in [0.2, 0.25) is 5.02 Å². The van der Waals surface area contributed by atoms with E-state index in [0.29, 0.717) is 17.3 Å². The van der Waals surface area contributed by atoms with Gasteiger partial charge in [0.15, 0.2) is 0 Å². The van der Waals surface area contributed by atoms with E-state index in [1.54, 1.807) is 13.1 Å². The van der Waals surface area contributed by atoms with Gasteiger partial charge >= 0.3 is 0 Å². The number of aryl methyl sites for hydroxylation is 1. The molecule has 0 bridgehead atoms. The molecule has 0 spiro atoms. The van der Waals surface area contributed by atoms with E-state index >= 15 is 0 Å². The number of hydrogen-bond acceptors (Lipinski definition) is 3. The normalized spacial score (nSPS) is 14.2. The molecule has 0 atom stereocenters. The van der Waals surface area contributed by atoms with Gasteiger partial charge in [0.25, 0.3) is 0 Å². The van der Waals surface area contributed by atoms with Crippen molar-refractivity contribution in [1.29, 1.82) is 0 Å². The molecule has 1 fully saturated rings. The van der Waals surface area contributed by atoms with Crippen molar-refractivity contribution in [3.05, 3.63) is 28.8 Å². The van der Waals surface area contributed by atoms with Crippen LogP contribution in [-0.2, 0) is 9.59 Å². The smallest absolute Gasteiger partial charge is 0.244 e. The molecule has 1 heterocycles. The average Bonchev–Trinajstić information content (AvgIpc) is 2.96. The summed E-state index contributed by atoms with van der Waals surface area (Å²) in [7, 11) is 1.65. The Kier molecular flexibility index (Phi) is 7.82. The van der Waals surface area contributed by atoms with Crippen molar-refractivity contribution >= 4 is 41.5 Å². The Hall–Kier alpha value is -1.30. The standard InChI is InChI=1S/C16H22ClN3O2.ClH/c1-12-6-5-7-13(17)16(12)18-14(21)10-19(2)15(22)11-20-8-3-4-9-20;/h5-7H,3-4,8-11H2,1-2H3,(H,18,21);1H. The number of anilines is 1. The first-order valence-electron chi connectivity index (χ1n) is 7.48. The number of likely N-dealkylation sites (tertiary alicyclic amines) is 1. The van der Waals surface area contributed by atoms with Gasteiger partial charge in [0, 0.05) is 7.05 Å². The van der Waals surface area contributed by atoms with Crippen LogP contribution in [-0.4, -0.2) is 54.8 Å². The van der Waals surface area contributed by atoms with Gasteiger partial charge < -0.3 is 10.2 Å². The van der Waals surface area contributed by atoms with E-state index in [2.05, 4.69) is 10.2 Å². The second-order valence-electron chi connectivity index (χ2n) is 5.71. The minimum atomic E-state index is -0.242. The topological polar surface area (TPSA) is 52.7 Å².